The zero-order valence-corrected chi connectivity index (χ0v) is 35.0. The standard InChI is InChI=1S/C42H66Cl3O4P/c1-7-13-22-34-25-19-28-37(40(34,43)31-16-10-4)47-50(46,48-38-29-20-26-35(23-14-8-2)41(38,44)32-17-11-5)49-39-30-21-27-36(24-15-9-3)42(39,45)33-18-12-6/h19-21,25-30,37-39H,7-18,22-24,31-33H2,1-6H3. The number of hydrogen-bond acceptors (Lipinski definition) is 4. The molecule has 0 bridgehead atoms. The summed E-state index contributed by atoms with van der Waals surface area (Å²) < 4.78 is 36.0. The number of alkyl halides is 3. The molecular formula is C42H66Cl3O4P. The number of phosphoric ester groups is 1. The average molecular weight is 772 g/mol. The normalized spacial score (nSPS) is 30.6. The van der Waals surface area contributed by atoms with Crippen molar-refractivity contribution < 1.29 is 18.1 Å². The Labute approximate surface area is 320 Å². The molecule has 8 heteroatoms. The second-order valence-corrected chi connectivity index (χ2v) is 18.0. The Bertz CT molecular complexity index is 1140. The first-order valence-electron chi connectivity index (χ1n) is 19.9. The molecule has 0 heterocycles. The minimum Gasteiger partial charge on any atom is -0.277 e. The summed E-state index contributed by atoms with van der Waals surface area (Å²) in [5.41, 5.74) is 3.30. The summed E-state index contributed by atoms with van der Waals surface area (Å²) in [6.45, 7) is 13.0. The van der Waals surface area contributed by atoms with Gasteiger partial charge in [0.15, 0.2) is 0 Å². The minimum atomic E-state index is -4.41. The van der Waals surface area contributed by atoms with E-state index in [1.165, 1.54) is 0 Å². The van der Waals surface area contributed by atoms with Crippen molar-refractivity contribution in [1.82, 2.24) is 0 Å². The molecule has 0 N–H and O–H groups in total. The van der Waals surface area contributed by atoms with Gasteiger partial charge in [-0.05, 0) is 74.5 Å². The highest BCUT2D eigenvalue weighted by atomic mass is 35.5. The Morgan fingerprint density at radius 2 is 0.760 bits per heavy atom. The molecule has 6 unspecified atom stereocenters. The van der Waals surface area contributed by atoms with Crippen molar-refractivity contribution in [2.45, 2.75) is 190 Å². The van der Waals surface area contributed by atoms with Crippen molar-refractivity contribution in [3.05, 3.63) is 71.4 Å². The smallest absolute Gasteiger partial charge is 0.277 e. The first kappa shape index (κ1) is 43.8. The molecule has 0 saturated carbocycles. The van der Waals surface area contributed by atoms with Crippen LogP contribution in [-0.4, -0.2) is 32.9 Å². The van der Waals surface area contributed by atoms with Crippen LogP contribution < -0.4 is 0 Å². The molecule has 0 amide bonds. The van der Waals surface area contributed by atoms with Crippen LogP contribution in [0.1, 0.15) is 157 Å². The molecule has 0 saturated heterocycles. The Balaban J connectivity index is 2.11. The predicted octanol–water partition coefficient (Wildman–Crippen LogP) is 14.8. The Morgan fingerprint density at radius 3 is 1.00 bits per heavy atom. The van der Waals surface area contributed by atoms with E-state index in [-0.39, 0.29) is 0 Å². The third-order valence-corrected chi connectivity index (χ3v) is 13.9. The molecule has 0 spiro atoms. The molecular weight excluding hydrogens is 706 g/mol. The molecule has 3 aliphatic rings. The number of unbranched alkanes of at least 4 members (excludes halogenated alkanes) is 6. The monoisotopic (exact) mass is 770 g/mol. The van der Waals surface area contributed by atoms with E-state index < -0.39 is 40.8 Å². The van der Waals surface area contributed by atoms with Gasteiger partial charge in [0.2, 0.25) is 0 Å². The van der Waals surface area contributed by atoms with Crippen LogP contribution in [-0.2, 0) is 18.1 Å². The van der Waals surface area contributed by atoms with Crippen LogP contribution in [0.2, 0.25) is 0 Å². The van der Waals surface area contributed by atoms with Gasteiger partial charge in [-0.2, -0.15) is 0 Å². The molecule has 0 aromatic rings. The van der Waals surface area contributed by atoms with Crippen molar-refractivity contribution in [3.63, 3.8) is 0 Å². The van der Waals surface area contributed by atoms with Crippen LogP contribution in [0.5, 0.6) is 0 Å². The van der Waals surface area contributed by atoms with Gasteiger partial charge in [-0.15, -0.1) is 34.8 Å². The molecule has 0 aromatic heterocycles. The molecule has 0 aliphatic heterocycles. The van der Waals surface area contributed by atoms with Crippen molar-refractivity contribution in [2.24, 2.45) is 0 Å². The van der Waals surface area contributed by atoms with Gasteiger partial charge in [-0.3, -0.25) is 13.6 Å². The van der Waals surface area contributed by atoms with E-state index in [9.17, 15) is 0 Å². The number of phosphoric acid groups is 1. The van der Waals surface area contributed by atoms with Crippen LogP contribution in [0, 0.1) is 0 Å². The van der Waals surface area contributed by atoms with E-state index in [0.717, 1.165) is 113 Å². The van der Waals surface area contributed by atoms with Gasteiger partial charge in [0.05, 0.1) is 14.6 Å². The summed E-state index contributed by atoms with van der Waals surface area (Å²) in [6.07, 6.45) is 32.2. The zero-order chi connectivity index (χ0) is 36.7. The lowest BCUT2D eigenvalue weighted by Crippen LogP contribution is -2.45. The van der Waals surface area contributed by atoms with E-state index in [2.05, 4.69) is 59.8 Å². The van der Waals surface area contributed by atoms with Gasteiger partial charge < -0.3 is 0 Å². The number of halogens is 3. The largest absolute Gasteiger partial charge is 0.476 e. The summed E-state index contributed by atoms with van der Waals surface area (Å²) >= 11 is 22.9. The predicted molar refractivity (Wildman–Crippen MR) is 217 cm³/mol. The van der Waals surface area contributed by atoms with Gasteiger partial charge >= 0.3 is 7.82 Å². The highest BCUT2D eigenvalue weighted by Gasteiger charge is 2.52. The van der Waals surface area contributed by atoms with E-state index in [1.807, 2.05) is 36.5 Å². The SMILES string of the molecule is CCCCC1=CC=CC(OP(=O)(OC2C=CC=C(CCCC)C2(Cl)CCCC)OC2C=CC=C(CCCC)C2(Cl)CCCC)C1(Cl)CCCC. The molecule has 50 heavy (non-hydrogen) atoms. The van der Waals surface area contributed by atoms with E-state index in [4.69, 9.17) is 48.4 Å². The lowest BCUT2D eigenvalue weighted by molar-refractivity contribution is 0.0366. The highest BCUT2D eigenvalue weighted by Crippen LogP contribution is 2.61. The summed E-state index contributed by atoms with van der Waals surface area (Å²) in [6, 6.07) is 0. The fraction of sp³-hybridized carbons (Fsp3) is 0.714. The summed E-state index contributed by atoms with van der Waals surface area (Å²) in [4.78, 5) is -2.65. The summed E-state index contributed by atoms with van der Waals surface area (Å²) in [5, 5.41) is 0. The lowest BCUT2D eigenvalue weighted by atomic mass is 9.81. The zero-order valence-electron chi connectivity index (χ0n) is 31.9. The molecule has 0 radical (unpaired) electrons. The van der Waals surface area contributed by atoms with Gasteiger partial charge in [0.1, 0.15) is 18.3 Å². The number of rotatable bonds is 24. The first-order chi connectivity index (χ1) is 24.0. The first-order valence-corrected chi connectivity index (χ1v) is 22.4. The molecule has 3 aliphatic carbocycles. The van der Waals surface area contributed by atoms with E-state index >= 15 is 4.57 Å². The van der Waals surface area contributed by atoms with Crippen molar-refractivity contribution in [3.8, 4) is 0 Å². The van der Waals surface area contributed by atoms with Gasteiger partial charge in [-0.1, -0.05) is 154 Å². The second kappa shape index (κ2) is 21.3. The minimum absolute atomic E-state index is 0.683. The maximum atomic E-state index is 15.7. The second-order valence-electron chi connectivity index (χ2n) is 14.5. The van der Waals surface area contributed by atoms with Gasteiger partial charge in [0, 0.05) is 0 Å². The average Bonchev–Trinajstić information content (AvgIpc) is 3.10. The van der Waals surface area contributed by atoms with E-state index in [1.54, 1.807) is 0 Å². The van der Waals surface area contributed by atoms with Gasteiger partial charge in [-0.25, -0.2) is 4.57 Å². The van der Waals surface area contributed by atoms with Crippen molar-refractivity contribution in [1.29, 1.82) is 0 Å². The Hall–Kier alpha value is -0.580. The van der Waals surface area contributed by atoms with Crippen LogP contribution in [0.4, 0.5) is 0 Å². The van der Waals surface area contributed by atoms with Crippen LogP contribution >= 0.6 is 42.6 Å². The molecule has 3 rings (SSSR count). The third-order valence-electron chi connectivity index (χ3n) is 10.5. The fourth-order valence-corrected chi connectivity index (χ4v) is 10.4. The van der Waals surface area contributed by atoms with E-state index in [0.29, 0.717) is 19.3 Å². The quantitative estimate of drug-likeness (QED) is 0.0724. The maximum absolute atomic E-state index is 15.7. The number of allylic oxidation sites excluding steroid dienone is 6. The van der Waals surface area contributed by atoms with Crippen molar-refractivity contribution >= 4 is 42.6 Å². The van der Waals surface area contributed by atoms with Crippen LogP contribution in [0.3, 0.4) is 0 Å². The Morgan fingerprint density at radius 1 is 0.500 bits per heavy atom. The summed E-state index contributed by atoms with van der Waals surface area (Å²) in [5.74, 6) is 0. The molecule has 284 valence electrons. The van der Waals surface area contributed by atoms with Crippen LogP contribution in [0.25, 0.3) is 0 Å². The maximum Gasteiger partial charge on any atom is 0.476 e. The number of hydrogen-bond donors (Lipinski definition) is 0. The topological polar surface area (TPSA) is 44.8 Å². The molecule has 0 fully saturated rings. The molecule has 4 nitrogen and oxygen atoms in total. The fourth-order valence-electron chi connectivity index (χ4n) is 7.27. The Kier molecular flexibility index (Phi) is 18.7. The summed E-state index contributed by atoms with van der Waals surface area (Å²) in [7, 11) is -4.41. The third kappa shape index (κ3) is 11.2. The van der Waals surface area contributed by atoms with Crippen molar-refractivity contribution in [2.75, 3.05) is 0 Å². The lowest BCUT2D eigenvalue weighted by Gasteiger charge is -2.44. The molecule has 0 aromatic carbocycles. The van der Waals surface area contributed by atoms with Gasteiger partial charge in [0.25, 0.3) is 0 Å². The van der Waals surface area contributed by atoms with Crippen LogP contribution in [0.15, 0.2) is 71.4 Å². The molecule has 6 atom stereocenters. The highest BCUT2D eigenvalue weighted by molar-refractivity contribution is 7.48.